The van der Waals surface area contributed by atoms with E-state index in [0.717, 1.165) is 31.8 Å². The minimum atomic E-state index is -0.454. The number of hydrogen-bond donors (Lipinski definition) is 3. The number of aryl methyl sites for hydroxylation is 1. The van der Waals surface area contributed by atoms with Gasteiger partial charge in [-0.3, -0.25) is 20.2 Å². The average Bonchev–Trinajstić information content (AvgIpc) is 3.03. The van der Waals surface area contributed by atoms with Gasteiger partial charge in [-0.15, -0.1) is 12.4 Å². The van der Waals surface area contributed by atoms with Crippen molar-refractivity contribution in [1.29, 1.82) is 0 Å². The molecule has 1 amide bonds. The van der Waals surface area contributed by atoms with Gasteiger partial charge in [0, 0.05) is 32.0 Å². The number of rotatable bonds is 7. The zero-order valence-electron chi connectivity index (χ0n) is 15.6. The van der Waals surface area contributed by atoms with Crippen molar-refractivity contribution in [1.82, 2.24) is 20.1 Å². The molecule has 0 unspecified atom stereocenters. The lowest BCUT2D eigenvalue weighted by molar-refractivity contribution is -0.384. The second-order valence-corrected chi connectivity index (χ2v) is 6.44. The number of para-hydroxylation sites is 2. The van der Waals surface area contributed by atoms with Crippen LogP contribution in [0.1, 0.15) is 31.0 Å². The summed E-state index contributed by atoms with van der Waals surface area (Å²) in [5, 5.41) is 24.4. The average molecular weight is 410 g/mol. The van der Waals surface area contributed by atoms with E-state index in [0.29, 0.717) is 17.6 Å². The minimum absolute atomic E-state index is 0. The van der Waals surface area contributed by atoms with Gasteiger partial charge in [0.25, 0.3) is 5.69 Å². The summed E-state index contributed by atoms with van der Waals surface area (Å²) < 4.78 is 1.57. The molecule has 1 aromatic carbocycles. The van der Waals surface area contributed by atoms with Crippen molar-refractivity contribution in [3.8, 4) is 0 Å². The van der Waals surface area contributed by atoms with Gasteiger partial charge >= 0.3 is 0 Å². The number of carbonyl (C=O) groups excluding carboxylic acids is 1. The Morgan fingerprint density at radius 2 is 2.07 bits per heavy atom. The number of carbonyl (C=O) groups is 1. The first-order valence-corrected chi connectivity index (χ1v) is 8.93. The molecule has 0 bridgehead atoms. The second-order valence-electron chi connectivity index (χ2n) is 6.44. The molecule has 2 aromatic rings. The van der Waals surface area contributed by atoms with E-state index < -0.39 is 4.92 Å². The van der Waals surface area contributed by atoms with Crippen molar-refractivity contribution in [2.24, 2.45) is 7.05 Å². The fourth-order valence-electron chi connectivity index (χ4n) is 3.05. The maximum absolute atomic E-state index is 12.2. The topological polar surface area (TPSA) is 127 Å². The lowest BCUT2D eigenvalue weighted by Crippen LogP contribution is -2.27. The molecule has 10 nitrogen and oxygen atoms in total. The molecule has 0 spiro atoms. The van der Waals surface area contributed by atoms with Gasteiger partial charge in [-0.05, 0) is 32.0 Å². The van der Waals surface area contributed by atoms with Crippen molar-refractivity contribution in [2.75, 3.05) is 30.3 Å². The van der Waals surface area contributed by atoms with Gasteiger partial charge in [0.1, 0.15) is 5.69 Å². The molecule has 1 saturated heterocycles. The second kappa shape index (κ2) is 10.00. The van der Waals surface area contributed by atoms with Crippen LogP contribution in [0, 0.1) is 10.1 Å². The van der Waals surface area contributed by atoms with Crippen molar-refractivity contribution in [3.05, 3.63) is 40.2 Å². The minimum Gasteiger partial charge on any atom is -0.379 e. The van der Waals surface area contributed by atoms with Crippen LogP contribution in [0.4, 0.5) is 17.3 Å². The summed E-state index contributed by atoms with van der Waals surface area (Å²) in [7, 11) is 1.75. The summed E-state index contributed by atoms with van der Waals surface area (Å²) in [6, 6.07) is 6.34. The zero-order valence-corrected chi connectivity index (χ0v) is 16.4. The lowest BCUT2D eigenvalue weighted by atomic mass is 9.98. The highest BCUT2D eigenvalue weighted by molar-refractivity contribution is 5.89. The van der Waals surface area contributed by atoms with Crippen LogP contribution in [-0.4, -0.2) is 45.2 Å². The highest BCUT2D eigenvalue weighted by atomic mass is 35.5. The number of aromatic nitrogens is 3. The Labute approximate surface area is 168 Å². The monoisotopic (exact) mass is 409 g/mol. The van der Waals surface area contributed by atoms with Gasteiger partial charge in [0.05, 0.1) is 4.92 Å². The Hall–Kier alpha value is -2.72. The molecule has 0 atom stereocenters. The molecule has 0 saturated carbocycles. The van der Waals surface area contributed by atoms with Crippen molar-refractivity contribution in [2.45, 2.75) is 25.2 Å². The summed E-state index contributed by atoms with van der Waals surface area (Å²) in [6.07, 6.45) is 2.12. The van der Waals surface area contributed by atoms with Crippen LogP contribution in [0.2, 0.25) is 0 Å². The van der Waals surface area contributed by atoms with Gasteiger partial charge in [0.15, 0.2) is 5.82 Å². The summed E-state index contributed by atoms with van der Waals surface area (Å²) >= 11 is 0. The molecular weight excluding hydrogens is 386 g/mol. The molecule has 1 aliphatic rings. The van der Waals surface area contributed by atoms with Gasteiger partial charge in [-0.25, -0.2) is 4.68 Å². The van der Waals surface area contributed by atoms with E-state index in [1.54, 1.807) is 29.9 Å². The standard InChI is InChI=1S/C17H23N7O3.ClH/c1-23-17(21-16(22-23)12-6-9-18-10-7-12)20-15(25)8-11-19-13-4-2-3-5-14(13)24(26)27;/h2-5,12,18-19H,6-11H2,1H3,(H,20,21,22,25);1H. The van der Waals surface area contributed by atoms with Gasteiger partial charge in [0.2, 0.25) is 11.9 Å². The zero-order chi connectivity index (χ0) is 19.2. The van der Waals surface area contributed by atoms with Crippen molar-refractivity contribution in [3.63, 3.8) is 0 Å². The van der Waals surface area contributed by atoms with E-state index >= 15 is 0 Å². The number of piperidine rings is 1. The molecular formula is C17H24ClN7O3. The molecule has 1 aromatic heterocycles. The van der Waals surface area contributed by atoms with Crippen LogP contribution in [0.5, 0.6) is 0 Å². The first kappa shape index (κ1) is 21.6. The fraction of sp³-hybridized carbons (Fsp3) is 0.471. The molecule has 3 N–H and O–H groups in total. The van der Waals surface area contributed by atoms with E-state index in [2.05, 4.69) is 26.0 Å². The Balaban J connectivity index is 0.00000280. The van der Waals surface area contributed by atoms with E-state index in [1.165, 1.54) is 6.07 Å². The molecule has 0 radical (unpaired) electrons. The number of halogens is 1. The van der Waals surface area contributed by atoms with Gasteiger partial charge in [-0.2, -0.15) is 10.1 Å². The molecule has 2 heterocycles. The molecule has 11 heteroatoms. The van der Waals surface area contributed by atoms with Crippen LogP contribution < -0.4 is 16.0 Å². The maximum Gasteiger partial charge on any atom is 0.292 e. The summed E-state index contributed by atoms with van der Waals surface area (Å²) in [5.41, 5.74) is 0.375. The number of benzene rings is 1. The van der Waals surface area contributed by atoms with Crippen LogP contribution >= 0.6 is 12.4 Å². The summed E-state index contributed by atoms with van der Waals surface area (Å²) in [4.78, 5) is 27.2. The number of nitrogens with zero attached hydrogens (tertiary/aromatic N) is 4. The first-order chi connectivity index (χ1) is 13.0. The van der Waals surface area contributed by atoms with Crippen molar-refractivity contribution >= 4 is 35.6 Å². The predicted octanol–water partition coefficient (Wildman–Crippen LogP) is 2.05. The Morgan fingerprint density at radius 1 is 1.36 bits per heavy atom. The number of nitrogens with one attached hydrogen (secondary N) is 3. The van der Waals surface area contributed by atoms with Crippen LogP contribution in [0.3, 0.4) is 0 Å². The lowest BCUT2D eigenvalue weighted by Gasteiger charge is -2.19. The van der Waals surface area contributed by atoms with Crippen LogP contribution in [-0.2, 0) is 11.8 Å². The maximum atomic E-state index is 12.2. The number of hydrogen-bond acceptors (Lipinski definition) is 7. The Bertz CT molecular complexity index is 821. The molecule has 1 aliphatic heterocycles. The van der Waals surface area contributed by atoms with E-state index in [4.69, 9.17) is 0 Å². The third-order valence-corrected chi connectivity index (χ3v) is 4.50. The van der Waals surface area contributed by atoms with E-state index in [1.807, 2.05) is 0 Å². The SMILES string of the molecule is Cl.Cn1nc(C2CCNCC2)nc1NC(=O)CCNc1ccccc1[N+](=O)[O-]. The normalized spacial score (nSPS) is 14.2. The van der Waals surface area contributed by atoms with Gasteiger partial charge in [-0.1, -0.05) is 12.1 Å². The quantitative estimate of drug-likeness (QED) is 0.471. The van der Waals surface area contributed by atoms with Crippen LogP contribution in [0.15, 0.2) is 24.3 Å². The van der Waals surface area contributed by atoms with Crippen molar-refractivity contribution < 1.29 is 9.72 Å². The molecule has 3 rings (SSSR count). The Kier molecular flexibility index (Phi) is 7.70. The molecule has 28 heavy (non-hydrogen) atoms. The third kappa shape index (κ3) is 5.40. The van der Waals surface area contributed by atoms with Gasteiger partial charge < -0.3 is 10.6 Å². The Morgan fingerprint density at radius 3 is 2.79 bits per heavy atom. The van der Waals surface area contributed by atoms with Crippen LogP contribution in [0.25, 0.3) is 0 Å². The molecule has 152 valence electrons. The highest BCUT2D eigenvalue weighted by Crippen LogP contribution is 2.24. The number of amides is 1. The first-order valence-electron chi connectivity index (χ1n) is 8.93. The van der Waals surface area contributed by atoms with E-state index in [-0.39, 0.29) is 37.0 Å². The molecule has 1 fully saturated rings. The summed E-state index contributed by atoms with van der Waals surface area (Å²) in [6.45, 7) is 2.17. The summed E-state index contributed by atoms with van der Waals surface area (Å²) in [5.74, 6) is 1.25. The fourth-order valence-corrected chi connectivity index (χ4v) is 3.05. The number of nitro benzene ring substituents is 1. The van der Waals surface area contributed by atoms with E-state index in [9.17, 15) is 14.9 Å². The number of nitro groups is 1. The number of anilines is 2. The largest absolute Gasteiger partial charge is 0.379 e. The molecule has 0 aliphatic carbocycles. The predicted molar refractivity (Wildman–Crippen MR) is 108 cm³/mol. The smallest absolute Gasteiger partial charge is 0.292 e. The third-order valence-electron chi connectivity index (χ3n) is 4.50. The highest BCUT2D eigenvalue weighted by Gasteiger charge is 2.21.